The highest BCUT2D eigenvalue weighted by molar-refractivity contribution is 7.99. The molecule has 7 heteroatoms. The Morgan fingerprint density at radius 1 is 1.17 bits per heavy atom. The SMILES string of the molecule is Cc1ccc(CNCCCSc2nnnn2-c2ccccc2)o1. The molecule has 23 heavy (non-hydrogen) atoms. The predicted molar refractivity (Wildman–Crippen MR) is 89.6 cm³/mol. The Labute approximate surface area is 139 Å². The zero-order valence-corrected chi connectivity index (χ0v) is 13.8. The Morgan fingerprint density at radius 2 is 2.04 bits per heavy atom. The molecule has 2 aromatic heterocycles. The summed E-state index contributed by atoms with van der Waals surface area (Å²) in [6, 6.07) is 13.9. The van der Waals surface area contributed by atoms with E-state index in [4.69, 9.17) is 4.42 Å². The molecule has 0 atom stereocenters. The van der Waals surface area contributed by atoms with Gasteiger partial charge in [-0.05, 0) is 54.6 Å². The van der Waals surface area contributed by atoms with Gasteiger partial charge in [-0.1, -0.05) is 30.0 Å². The van der Waals surface area contributed by atoms with Crippen LogP contribution in [-0.4, -0.2) is 32.5 Å². The first-order valence-corrected chi connectivity index (χ1v) is 8.54. The van der Waals surface area contributed by atoms with E-state index in [2.05, 4.69) is 20.8 Å². The number of furan rings is 1. The molecule has 6 nitrogen and oxygen atoms in total. The smallest absolute Gasteiger partial charge is 0.214 e. The second-order valence-corrected chi connectivity index (χ2v) is 6.16. The lowest BCUT2D eigenvalue weighted by Crippen LogP contribution is -2.14. The third-order valence-electron chi connectivity index (χ3n) is 3.27. The number of nitrogens with zero attached hydrogens (tertiary/aromatic N) is 4. The van der Waals surface area contributed by atoms with Crippen LogP contribution in [0.5, 0.6) is 0 Å². The Balaban J connectivity index is 1.41. The van der Waals surface area contributed by atoms with Gasteiger partial charge in [0.25, 0.3) is 0 Å². The van der Waals surface area contributed by atoms with Crippen molar-refractivity contribution in [2.24, 2.45) is 0 Å². The summed E-state index contributed by atoms with van der Waals surface area (Å²) >= 11 is 1.66. The van der Waals surface area contributed by atoms with Crippen LogP contribution >= 0.6 is 11.8 Å². The van der Waals surface area contributed by atoms with Crippen LogP contribution in [-0.2, 0) is 6.54 Å². The average molecular weight is 329 g/mol. The molecule has 0 fully saturated rings. The second kappa shape index (κ2) is 7.94. The second-order valence-electron chi connectivity index (χ2n) is 5.10. The van der Waals surface area contributed by atoms with Gasteiger partial charge in [-0.3, -0.25) is 0 Å². The Kier molecular flexibility index (Phi) is 5.44. The third kappa shape index (κ3) is 4.43. The van der Waals surface area contributed by atoms with Crippen molar-refractivity contribution >= 4 is 11.8 Å². The molecule has 0 aliphatic carbocycles. The van der Waals surface area contributed by atoms with Crippen LogP contribution in [0, 0.1) is 6.92 Å². The van der Waals surface area contributed by atoms with Gasteiger partial charge in [0.2, 0.25) is 5.16 Å². The van der Waals surface area contributed by atoms with Crippen LogP contribution in [0.25, 0.3) is 5.69 Å². The topological polar surface area (TPSA) is 68.8 Å². The number of aryl methyl sites for hydroxylation is 1. The van der Waals surface area contributed by atoms with Gasteiger partial charge >= 0.3 is 0 Å². The van der Waals surface area contributed by atoms with Gasteiger partial charge in [0.05, 0.1) is 12.2 Å². The molecule has 0 bridgehead atoms. The number of aromatic nitrogens is 4. The highest BCUT2D eigenvalue weighted by Gasteiger charge is 2.08. The monoisotopic (exact) mass is 329 g/mol. The summed E-state index contributed by atoms with van der Waals surface area (Å²) in [6.45, 7) is 3.65. The highest BCUT2D eigenvalue weighted by atomic mass is 32.2. The summed E-state index contributed by atoms with van der Waals surface area (Å²) in [5, 5.41) is 16.1. The lowest BCUT2D eigenvalue weighted by Gasteiger charge is -2.04. The number of hydrogen-bond acceptors (Lipinski definition) is 6. The first-order valence-electron chi connectivity index (χ1n) is 7.55. The summed E-state index contributed by atoms with van der Waals surface area (Å²) < 4.78 is 7.28. The van der Waals surface area contributed by atoms with E-state index in [0.717, 1.165) is 47.6 Å². The summed E-state index contributed by atoms with van der Waals surface area (Å²) in [4.78, 5) is 0. The van der Waals surface area contributed by atoms with Crippen molar-refractivity contribution in [1.29, 1.82) is 0 Å². The Hall–Kier alpha value is -2.12. The Morgan fingerprint density at radius 3 is 2.83 bits per heavy atom. The normalized spacial score (nSPS) is 11.0. The molecule has 0 aliphatic rings. The van der Waals surface area contributed by atoms with Crippen LogP contribution in [0.2, 0.25) is 0 Å². The molecule has 3 rings (SSSR count). The van der Waals surface area contributed by atoms with Gasteiger partial charge in [0.15, 0.2) is 0 Å². The molecule has 0 saturated heterocycles. The van der Waals surface area contributed by atoms with E-state index in [1.807, 2.05) is 49.4 Å². The maximum absolute atomic E-state index is 5.52. The van der Waals surface area contributed by atoms with E-state index in [-0.39, 0.29) is 0 Å². The fraction of sp³-hybridized carbons (Fsp3) is 0.312. The van der Waals surface area contributed by atoms with E-state index in [0.29, 0.717) is 0 Å². The van der Waals surface area contributed by atoms with Gasteiger partial charge in [-0.2, -0.15) is 4.68 Å². The van der Waals surface area contributed by atoms with Crippen LogP contribution in [0.1, 0.15) is 17.9 Å². The van der Waals surface area contributed by atoms with Gasteiger partial charge in [0.1, 0.15) is 11.5 Å². The van der Waals surface area contributed by atoms with Crippen molar-refractivity contribution in [3.05, 3.63) is 54.0 Å². The molecular weight excluding hydrogens is 310 g/mol. The van der Waals surface area contributed by atoms with Gasteiger partial charge < -0.3 is 9.73 Å². The van der Waals surface area contributed by atoms with E-state index in [1.54, 1.807) is 16.4 Å². The average Bonchev–Trinajstić information content (AvgIpc) is 3.20. The molecule has 1 N–H and O–H groups in total. The fourth-order valence-corrected chi connectivity index (χ4v) is 2.98. The van der Waals surface area contributed by atoms with Crippen LogP contribution in [0.15, 0.2) is 52.0 Å². The number of thioether (sulfide) groups is 1. The lowest BCUT2D eigenvalue weighted by molar-refractivity contribution is 0.462. The quantitative estimate of drug-likeness (QED) is 0.506. The number of benzene rings is 1. The maximum atomic E-state index is 5.52. The number of para-hydroxylation sites is 1. The van der Waals surface area contributed by atoms with Crippen LogP contribution in [0.3, 0.4) is 0 Å². The molecule has 0 aliphatic heterocycles. The number of rotatable bonds is 8. The van der Waals surface area contributed by atoms with Crippen LogP contribution in [0.4, 0.5) is 0 Å². The van der Waals surface area contributed by atoms with E-state index in [9.17, 15) is 0 Å². The van der Waals surface area contributed by atoms with Crippen molar-refractivity contribution in [3.8, 4) is 5.69 Å². The molecule has 120 valence electrons. The van der Waals surface area contributed by atoms with Gasteiger partial charge in [-0.15, -0.1) is 5.10 Å². The van der Waals surface area contributed by atoms with E-state index < -0.39 is 0 Å². The molecule has 3 aromatic rings. The van der Waals surface area contributed by atoms with Gasteiger partial charge in [0, 0.05) is 5.75 Å². The number of nitrogens with one attached hydrogen (secondary N) is 1. The molecule has 0 amide bonds. The molecular formula is C16H19N5OS. The lowest BCUT2D eigenvalue weighted by atomic mass is 10.3. The largest absolute Gasteiger partial charge is 0.465 e. The summed E-state index contributed by atoms with van der Waals surface area (Å²) in [5.41, 5.74) is 0.978. The van der Waals surface area contributed by atoms with Crippen molar-refractivity contribution in [2.75, 3.05) is 12.3 Å². The number of hydrogen-bond donors (Lipinski definition) is 1. The van der Waals surface area contributed by atoms with E-state index >= 15 is 0 Å². The maximum Gasteiger partial charge on any atom is 0.214 e. The minimum atomic E-state index is 0.764. The van der Waals surface area contributed by atoms with Crippen molar-refractivity contribution < 1.29 is 4.42 Å². The molecule has 2 heterocycles. The first-order chi connectivity index (χ1) is 11.3. The van der Waals surface area contributed by atoms with Crippen molar-refractivity contribution in [3.63, 3.8) is 0 Å². The number of tetrazole rings is 1. The molecule has 0 radical (unpaired) electrons. The van der Waals surface area contributed by atoms with E-state index in [1.165, 1.54) is 0 Å². The standard InChI is InChI=1S/C16H19N5OS/c1-13-8-9-15(22-13)12-17-10-5-11-23-16-18-19-20-21(16)14-6-3-2-4-7-14/h2-4,6-9,17H,5,10-12H2,1H3. The first kappa shape index (κ1) is 15.8. The predicted octanol–water partition coefficient (Wildman–Crippen LogP) is 2.84. The highest BCUT2D eigenvalue weighted by Crippen LogP contribution is 2.18. The third-order valence-corrected chi connectivity index (χ3v) is 4.27. The zero-order chi connectivity index (χ0) is 15.9. The minimum Gasteiger partial charge on any atom is -0.465 e. The molecule has 0 unspecified atom stereocenters. The van der Waals surface area contributed by atoms with Crippen molar-refractivity contribution in [2.45, 2.75) is 25.0 Å². The Bertz CT molecular complexity index is 725. The molecule has 0 spiro atoms. The minimum absolute atomic E-state index is 0.764. The van der Waals surface area contributed by atoms with Crippen molar-refractivity contribution in [1.82, 2.24) is 25.5 Å². The summed E-state index contributed by atoms with van der Waals surface area (Å²) in [5.74, 6) is 2.88. The summed E-state index contributed by atoms with van der Waals surface area (Å²) in [6.07, 6.45) is 1.03. The molecule has 0 saturated carbocycles. The van der Waals surface area contributed by atoms with Gasteiger partial charge in [-0.25, -0.2) is 0 Å². The molecule has 1 aromatic carbocycles. The fourth-order valence-electron chi connectivity index (χ4n) is 2.15. The zero-order valence-electron chi connectivity index (χ0n) is 13.0. The van der Waals surface area contributed by atoms with Crippen LogP contribution < -0.4 is 5.32 Å². The summed E-state index contributed by atoms with van der Waals surface area (Å²) in [7, 11) is 0.